The third kappa shape index (κ3) is 4.05. The lowest BCUT2D eigenvalue weighted by Gasteiger charge is -2.20. The second kappa shape index (κ2) is 8.14. The number of thiophene rings is 1. The Labute approximate surface area is 162 Å². The highest BCUT2D eigenvalue weighted by atomic mass is 32.2. The second-order valence-corrected chi connectivity index (χ2v) is 8.63. The quantitative estimate of drug-likeness (QED) is 0.636. The van der Waals surface area contributed by atoms with Crippen LogP contribution < -0.4 is 4.74 Å². The minimum atomic E-state index is 0.0746. The van der Waals surface area contributed by atoms with Gasteiger partial charge in [0.05, 0.1) is 0 Å². The monoisotopic (exact) mass is 383 g/mol. The minimum absolute atomic E-state index is 0.0746. The third-order valence-corrected chi connectivity index (χ3v) is 7.08. The van der Waals surface area contributed by atoms with Crippen molar-refractivity contribution in [1.82, 2.24) is 4.90 Å². The molecular formula is C21H21NO2S2. The van der Waals surface area contributed by atoms with E-state index < -0.39 is 0 Å². The molecule has 0 aliphatic carbocycles. The number of benzene rings is 2. The summed E-state index contributed by atoms with van der Waals surface area (Å²) < 4.78 is 5.77. The number of rotatable bonds is 4. The zero-order valence-corrected chi connectivity index (χ0v) is 16.1. The summed E-state index contributed by atoms with van der Waals surface area (Å²) in [6.45, 7) is 1.70. The largest absolute Gasteiger partial charge is 0.484 e. The van der Waals surface area contributed by atoms with Gasteiger partial charge in [0.1, 0.15) is 5.75 Å². The number of thioether (sulfide) groups is 1. The molecule has 0 bridgehead atoms. The molecule has 3 nitrogen and oxygen atoms in total. The molecule has 0 radical (unpaired) electrons. The van der Waals surface area contributed by atoms with Crippen molar-refractivity contribution in [2.45, 2.75) is 11.7 Å². The Bertz CT molecular complexity index is 879. The SMILES string of the molecule is O=C(COc1ccc2ccccc2c1)N1CCSC(c2cccs2)CC1. The molecule has 1 amide bonds. The van der Waals surface area contributed by atoms with Crippen LogP contribution in [0.5, 0.6) is 5.75 Å². The Morgan fingerprint density at radius 3 is 2.81 bits per heavy atom. The topological polar surface area (TPSA) is 29.5 Å². The van der Waals surface area contributed by atoms with Crippen molar-refractivity contribution in [3.63, 3.8) is 0 Å². The van der Waals surface area contributed by atoms with E-state index in [4.69, 9.17) is 4.74 Å². The molecule has 0 saturated carbocycles. The molecule has 0 N–H and O–H groups in total. The maximum Gasteiger partial charge on any atom is 0.260 e. The Hall–Kier alpha value is -1.98. The van der Waals surface area contributed by atoms with Crippen molar-refractivity contribution in [1.29, 1.82) is 0 Å². The molecule has 26 heavy (non-hydrogen) atoms. The molecule has 134 valence electrons. The zero-order valence-electron chi connectivity index (χ0n) is 14.5. The molecule has 1 unspecified atom stereocenters. The molecule has 3 aromatic rings. The molecule has 1 saturated heterocycles. The fourth-order valence-corrected chi connectivity index (χ4v) is 5.45. The highest BCUT2D eigenvalue weighted by molar-refractivity contribution is 7.99. The van der Waals surface area contributed by atoms with Gasteiger partial charge in [0.2, 0.25) is 0 Å². The molecule has 1 aliphatic heterocycles. The van der Waals surface area contributed by atoms with Crippen molar-refractivity contribution in [3.05, 3.63) is 64.9 Å². The third-order valence-electron chi connectivity index (χ3n) is 4.64. The number of fused-ring (bicyclic) bond motifs is 1. The summed E-state index contributed by atoms with van der Waals surface area (Å²) in [6.07, 6.45) is 1.01. The molecular weight excluding hydrogens is 362 g/mol. The summed E-state index contributed by atoms with van der Waals surface area (Å²) in [5.74, 6) is 1.80. The molecule has 0 spiro atoms. The number of hydrogen-bond acceptors (Lipinski definition) is 4. The summed E-state index contributed by atoms with van der Waals surface area (Å²) in [5.41, 5.74) is 0. The molecule has 1 atom stereocenters. The molecule has 1 aromatic heterocycles. The normalized spacial score (nSPS) is 17.8. The Morgan fingerprint density at radius 2 is 1.96 bits per heavy atom. The predicted octanol–water partition coefficient (Wildman–Crippen LogP) is 4.99. The first-order valence-corrected chi connectivity index (χ1v) is 10.8. The van der Waals surface area contributed by atoms with Crippen molar-refractivity contribution < 1.29 is 9.53 Å². The average Bonchev–Trinajstić information content (AvgIpc) is 3.10. The lowest BCUT2D eigenvalue weighted by Crippen LogP contribution is -2.36. The molecule has 4 rings (SSSR count). The average molecular weight is 384 g/mol. The van der Waals surface area contributed by atoms with Crippen LogP contribution in [0.2, 0.25) is 0 Å². The van der Waals surface area contributed by atoms with Crippen LogP contribution in [0, 0.1) is 0 Å². The Kier molecular flexibility index (Phi) is 5.46. The van der Waals surface area contributed by atoms with Crippen LogP contribution in [-0.2, 0) is 4.79 Å². The van der Waals surface area contributed by atoms with Gasteiger partial charge in [0.15, 0.2) is 6.61 Å². The van der Waals surface area contributed by atoms with Gasteiger partial charge in [-0.15, -0.1) is 11.3 Å². The molecule has 1 fully saturated rings. The van der Waals surface area contributed by atoms with Crippen LogP contribution >= 0.6 is 23.1 Å². The minimum Gasteiger partial charge on any atom is -0.484 e. The van der Waals surface area contributed by atoms with Gasteiger partial charge in [0.25, 0.3) is 5.91 Å². The molecule has 5 heteroatoms. The summed E-state index contributed by atoms with van der Waals surface area (Å²) in [6, 6.07) is 18.4. The van der Waals surface area contributed by atoms with Crippen LogP contribution in [0.15, 0.2) is 60.0 Å². The lowest BCUT2D eigenvalue weighted by atomic mass is 10.1. The highest BCUT2D eigenvalue weighted by Gasteiger charge is 2.22. The number of hydrogen-bond donors (Lipinski definition) is 0. The van der Waals surface area contributed by atoms with E-state index in [1.54, 1.807) is 0 Å². The Morgan fingerprint density at radius 1 is 1.08 bits per heavy atom. The standard InChI is InChI=1S/C21H21NO2S2/c23-21(15-24-18-8-7-16-4-1-2-5-17(16)14-18)22-10-9-20(26-13-11-22)19-6-3-12-25-19/h1-8,12,14,20H,9-11,13,15H2. The number of amides is 1. The van der Waals surface area contributed by atoms with E-state index in [-0.39, 0.29) is 12.5 Å². The second-order valence-electron chi connectivity index (χ2n) is 6.34. The first kappa shape index (κ1) is 17.4. The lowest BCUT2D eigenvalue weighted by molar-refractivity contribution is -0.133. The van der Waals surface area contributed by atoms with Crippen LogP contribution in [-0.4, -0.2) is 36.3 Å². The molecule has 2 aromatic carbocycles. The molecule has 1 aliphatic rings. The van der Waals surface area contributed by atoms with Crippen LogP contribution in [0.3, 0.4) is 0 Å². The first-order chi connectivity index (χ1) is 12.8. The number of ether oxygens (including phenoxy) is 1. The van der Waals surface area contributed by atoms with E-state index >= 15 is 0 Å². The van der Waals surface area contributed by atoms with E-state index in [9.17, 15) is 4.79 Å². The van der Waals surface area contributed by atoms with E-state index in [2.05, 4.69) is 29.6 Å². The van der Waals surface area contributed by atoms with Gasteiger partial charge in [-0.2, -0.15) is 11.8 Å². The van der Waals surface area contributed by atoms with Crippen molar-refractivity contribution in [2.24, 2.45) is 0 Å². The van der Waals surface area contributed by atoms with Crippen molar-refractivity contribution in [2.75, 3.05) is 25.4 Å². The van der Waals surface area contributed by atoms with E-state index in [0.717, 1.165) is 36.4 Å². The van der Waals surface area contributed by atoms with Gasteiger partial charge >= 0.3 is 0 Å². The van der Waals surface area contributed by atoms with Gasteiger partial charge < -0.3 is 9.64 Å². The smallest absolute Gasteiger partial charge is 0.260 e. The summed E-state index contributed by atoms with van der Waals surface area (Å²) in [7, 11) is 0. The fourth-order valence-electron chi connectivity index (χ4n) is 3.22. The summed E-state index contributed by atoms with van der Waals surface area (Å²) >= 11 is 3.76. The molecule has 2 heterocycles. The van der Waals surface area contributed by atoms with Crippen molar-refractivity contribution in [3.8, 4) is 5.75 Å². The first-order valence-electron chi connectivity index (χ1n) is 8.84. The van der Waals surface area contributed by atoms with E-state index in [0.29, 0.717) is 5.25 Å². The van der Waals surface area contributed by atoms with Crippen LogP contribution in [0.4, 0.5) is 0 Å². The van der Waals surface area contributed by atoms with Gasteiger partial charge in [-0.05, 0) is 40.8 Å². The maximum atomic E-state index is 12.6. The predicted molar refractivity (Wildman–Crippen MR) is 110 cm³/mol. The van der Waals surface area contributed by atoms with E-state index in [1.807, 2.05) is 58.3 Å². The van der Waals surface area contributed by atoms with E-state index in [1.165, 1.54) is 10.3 Å². The Balaban J connectivity index is 1.34. The summed E-state index contributed by atoms with van der Waals surface area (Å²) in [5, 5.41) is 4.94. The fraction of sp³-hybridized carbons (Fsp3) is 0.286. The van der Waals surface area contributed by atoms with Gasteiger partial charge in [0, 0.05) is 29.0 Å². The van der Waals surface area contributed by atoms with Crippen LogP contribution in [0.1, 0.15) is 16.5 Å². The maximum absolute atomic E-state index is 12.6. The summed E-state index contributed by atoms with van der Waals surface area (Å²) in [4.78, 5) is 15.9. The van der Waals surface area contributed by atoms with Crippen molar-refractivity contribution >= 4 is 39.8 Å². The number of carbonyl (C=O) groups is 1. The van der Waals surface area contributed by atoms with Gasteiger partial charge in [-0.1, -0.05) is 36.4 Å². The zero-order chi connectivity index (χ0) is 17.8. The van der Waals surface area contributed by atoms with Gasteiger partial charge in [-0.25, -0.2) is 0 Å². The number of nitrogens with zero attached hydrogens (tertiary/aromatic N) is 1. The number of carbonyl (C=O) groups excluding carboxylic acids is 1. The van der Waals surface area contributed by atoms with Crippen LogP contribution in [0.25, 0.3) is 10.8 Å². The highest BCUT2D eigenvalue weighted by Crippen LogP contribution is 2.36. The van der Waals surface area contributed by atoms with Gasteiger partial charge in [-0.3, -0.25) is 4.79 Å².